The van der Waals surface area contributed by atoms with E-state index in [4.69, 9.17) is 20.9 Å². The van der Waals surface area contributed by atoms with Crippen LogP contribution in [0.25, 0.3) is 11.3 Å². The quantitative estimate of drug-likeness (QED) is 0.507. The van der Waals surface area contributed by atoms with Crippen molar-refractivity contribution < 1.29 is 19.1 Å². The number of benzene rings is 2. The third-order valence-electron chi connectivity index (χ3n) is 5.88. The number of nitrogen functional groups attached to an aromatic ring is 1. The van der Waals surface area contributed by atoms with Crippen LogP contribution in [-0.2, 0) is 11.3 Å². The average molecular weight is 450 g/mol. The van der Waals surface area contributed by atoms with Crippen LogP contribution in [0.3, 0.4) is 0 Å². The topological polar surface area (TPSA) is 134 Å². The molecule has 3 aromatic rings. The standard InChI is InChI=1S/C24H27N5O4/c1-14-18(11-12-33-14)29-22(25)20(23(26)30)21(28-29)16-9-7-15(8-10-16)13-27-24(31)17-5-3-4-6-19(17)32-2/h3-10,14,18H,11-13,25H2,1-2H3,(H2,26,30)(H,27,31)/t14?,18-/m1/s1. The lowest BCUT2D eigenvalue weighted by molar-refractivity contribution is 0.0946. The fraction of sp³-hybridized carbons (Fsp3) is 0.292. The minimum absolute atomic E-state index is 0.0543. The zero-order valence-electron chi connectivity index (χ0n) is 18.6. The number of para-hydroxylation sites is 1. The fourth-order valence-corrected chi connectivity index (χ4v) is 4.08. The summed E-state index contributed by atoms with van der Waals surface area (Å²) in [6.07, 6.45) is 0.699. The van der Waals surface area contributed by atoms with Gasteiger partial charge in [-0.05, 0) is 31.0 Å². The van der Waals surface area contributed by atoms with E-state index in [-0.39, 0.29) is 29.4 Å². The summed E-state index contributed by atoms with van der Waals surface area (Å²) in [4.78, 5) is 24.7. The molecule has 2 heterocycles. The van der Waals surface area contributed by atoms with Gasteiger partial charge >= 0.3 is 0 Å². The first kappa shape index (κ1) is 22.3. The van der Waals surface area contributed by atoms with Gasteiger partial charge in [0, 0.05) is 18.7 Å². The number of rotatable bonds is 7. The van der Waals surface area contributed by atoms with Crippen LogP contribution in [0.15, 0.2) is 48.5 Å². The Labute approximate surface area is 191 Å². The van der Waals surface area contributed by atoms with Gasteiger partial charge in [0.1, 0.15) is 22.8 Å². The number of ether oxygens (including phenoxy) is 2. The molecule has 1 aliphatic heterocycles. The maximum atomic E-state index is 12.5. The van der Waals surface area contributed by atoms with Gasteiger partial charge in [-0.3, -0.25) is 9.59 Å². The number of primary amides is 1. The first-order valence-corrected chi connectivity index (χ1v) is 10.7. The van der Waals surface area contributed by atoms with Crippen molar-refractivity contribution in [2.45, 2.75) is 32.0 Å². The molecule has 9 nitrogen and oxygen atoms in total. The third-order valence-corrected chi connectivity index (χ3v) is 5.88. The van der Waals surface area contributed by atoms with Gasteiger partial charge in [0.05, 0.1) is 24.8 Å². The second-order valence-electron chi connectivity index (χ2n) is 7.93. The van der Waals surface area contributed by atoms with E-state index >= 15 is 0 Å². The van der Waals surface area contributed by atoms with Crippen LogP contribution in [0.1, 0.15) is 45.7 Å². The molecular formula is C24H27N5O4. The molecular weight excluding hydrogens is 422 g/mol. The second-order valence-corrected chi connectivity index (χ2v) is 7.93. The molecule has 2 aromatic carbocycles. The van der Waals surface area contributed by atoms with Gasteiger partial charge in [-0.15, -0.1) is 0 Å². The highest BCUT2D eigenvalue weighted by Crippen LogP contribution is 2.34. The van der Waals surface area contributed by atoms with Crippen LogP contribution in [0, 0.1) is 0 Å². The molecule has 5 N–H and O–H groups in total. The number of hydrogen-bond acceptors (Lipinski definition) is 6. The molecule has 0 spiro atoms. The minimum Gasteiger partial charge on any atom is -0.496 e. The van der Waals surface area contributed by atoms with Gasteiger partial charge in [0.2, 0.25) is 0 Å². The summed E-state index contributed by atoms with van der Waals surface area (Å²) in [7, 11) is 1.53. The Morgan fingerprint density at radius 2 is 1.94 bits per heavy atom. The zero-order valence-corrected chi connectivity index (χ0v) is 18.6. The first-order chi connectivity index (χ1) is 15.9. The Hall–Kier alpha value is -3.85. The summed E-state index contributed by atoms with van der Waals surface area (Å²) in [6, 6.07) is 14.4. The molecule has 1 fully saturated rings. The van der Waals surface area contributed by atoms with Crippen molar-refractivity contribution in [3.63, 3.8) is 0 Å². The van der Waals surface area contributed by atoms with E-state index < -0.39 is 5.91 Å². The monoisotopic (exact) mass is 449 g/mol. The molecule has 2 atom stereocenters. The maximum absolute atomic E-state index is 12.5. The molecule has 1 aromatic heterocycles. The predicted octanol–water partition coefficient (Wildman–Crippen LogP) is 2.52. The van der Waals surface area contributed by atoms with Crippen LogP contribution < -0.4 is 21.5 Å². The Balaban J connectivity index is 1.53. The molecule has 0 aliphatic carbocycles. The van der Waals surface area contributed by atoms with E-state index in [9.17, 15) is 9.59 Å². The highest BCUT2D eigenvalue weighted by atomic mass is 16.5. The van der Waals surface area contributed by atoms with Gasteiger partial charge < -0.3 is 26.3 Å². The lowest BCUT2D eigenvalue weighted by atomic mass is 10.0. The molecule has 172 valence electrons. The molecule has 0 bridgehead atoms. The maximum Gasteiger partial charge on any atom is 0.255 e. The van der Waals surface area contributed by atoms with Crippen molar-refractivity contribution in [2.24, 2.45) is 5.73 Å². The van der Waals surface area contributed by atoms with Crippen LogP contribution in [-0.4, -0.2) is 41.4 Å². The van der Waals surface area contributed by atoms with Gasteiger partial charge in [0.15, 0.2) is 0 Å². The summed E-state index contributed by atoms with van der Waals surface area (Å²) in [5.41, 5.74) is 14.6. The molecule has 4 rings (SSSR count). The van der Waals surface area contributed by atoms with Crippen molar-refractivity contribution in [1.29, 1.82) is 0 Å². The van der Waals surface area contributed by atoms with E-state index in [1.807, 2.05) is 37.3 Å². The first-order valence-electron chi connectivity index (χ1n) is 10.7. The van der Waals surface area contributed by atoms with Crippen molar-refractivity contribution in [1.82, 2.24) is 15.1 Å². The number of anilines is 1. The van der Waals surface area contributed by atoms with Crippen molar-refractivity contribution in [2.75, 3.05) is 19.5 Å². The normalized spacial score (nSPS) is 17.6. The van der Waals surface area contributed by atoms with E-state index in [1.165, 1.54) is 7.11 Å². The van der Waals surface area contributed by atoms with Gasteiger partial charge in [0.25, 0.3) is 11.8 Å². The molecule has 1 unspecified atom stereocenters. The minimum atomic E-state index is -0.631. The van der Waals surface area contributed by atoms with E-state index in [2.05, 4.69) is 10.4 Å². The summed E-state index contributed by atoms with van der Waals surface area (Å²) in [5, 5.41) is 7.51. The van der Waals surface area contributed by atoms with Gasteiger partial charge in [-0.2, -0.15) is 5.10 Å². The van der Waals surface area contributed by atoms with Gasteiger partial charge in [-0.25, -0.2) is 4.68 Å². The number of hydrogen-bond donors (Lipinski definition) is 3. The molecule has 1 saturated heterocycles. The molecule has 33 heavy (non-hydrogen) atoms. The molecule has 2 amide bonds. The number of nitrogens with two attached hydrogens (primary N) is 2. The van der Waals surface area contributed by atoms with Gasteiger partial charge in [-0.1, -0.05) is 36.4 Å². The van der Waals surface area contributed by atoms with E-state index in [0.29, 0.717) is 35.7 Å². The molecule has 0 saturated carbocycles. The number of amides is 2. The number of nitrogens with one attached hydrogen (secondary N) is 1. The fourth-order valence-electron chi connectivity index (χ4n) is 4.08. The Kier molecular flexibility index (Phi) is 6.32. The van der Waals surface area contributed by atoms with Crippen LogP contribution in [0.2, 0.25) is 0 Å². The molecule has 0 radical (unpaired) electrons. The van der Waals surface area contributed by atoms with Crippen molar-refractivity contribution >= 4 is 17.6 Å². The predicted molar refractivity (Wildman–Crippen MR) is 124 cm³/mol. The number of carbonyl (C=O) groups excluding carboxylic acids is 2. The summed E-state index contributed by atoms with van der Waals surface area (Å²) in [5.74, 6) is -0.104. The molecule has 9 heteroatoms. The highest BCUT2D eigenvalue weighted by Gasteiger charge is 2.31. The van der Waals surface area contributed by atoms with Crippen molar-refractivity contribution in [3.8, 4) is 17.0 Å². The smallest absolute Gasteiger partial charge is 0.255 e. The van der Waals surface area contributed by atoms with Crippen molar-refractivity contribution in [3.05, 3.63) is 65.2 Å². The summed E-state index contributed by atoms with van der Waals surface area (Å²) < 4.78 is 12.5. The lowest BCUT2D eigenvalue weighted by Gasteiger charge is -2.16. The Morgan fingerprint density at radius 1 is 1.21 bits per heavy atom. The summed E-state index contributed by atoms with van der Waals surface area (Å²) in [6.45, 7) is 2.89. The molecule has 1 aliphatic rings. The summed E-state index contributed by atoms with van der Waals surface area (Å²) >= 11 is 0. The number of carbonyl (C=O) groups is 2. The number of methoxy groups -OCH3 is 1. The van der Waals surface area contributed by atoms with E-state index in [1.54, 1.807) is 22.9 Å². The highest BCUT2D eigenvalue weighted by molar-refractivity contribution is 6.03. The Bertz CT molecular complexity index is 1170. The lowest BCUT2D eigenvalue weighted by Crippen LogP contribution is -2.23. The van der Waals surface area contributed by atoms with Crippen LogP contribution in [0.5, 0.6) is 5.75 Å². The largest absolute Gasteiger partial charge is 0.496 e. The third kappa shape index (κ3) is 4.40. The van der Waals surface area contributed by atoms with Crippen LogP contribution >= 0.6 is 0 Å². The number of aromatic nitrogens is 2. The Morgan fingerprint density at radius 3 is 2.58 bits per heavy atom. The number of nitrogens with zero attached hydrogens (tertiary/aromatic N) is 2. The second kappa shape index (κ2) is 9.33. The van der Waals surface area contributed by atoms with Crippen LogP contribution in [0.4, 0.5) is 5.82 Å². The SMILES string of the molecule is COc1ccccc1C(=O)NCc1ccc(-c2nn([C@@H]3CCOC3C)c(N)c2C(N)=O)cc1. The zero-order chi connectivity index (χ0) is 23.5. The van der Waals surface area contributed by atoms with E-state index in [0.717, 1.165) is 12.0 Å². The average Bonchev–Trinajstić information content (AvgIpc) is 3.40.